The highest BCUT2D eigenvalue weighted by Gasteiger charge is 2.38. The minimum atomic E-state index is -4.71. The van der Waals surface area contributed by atoms with E-state index in [2.05, 4.69) is 30.0 Å². The summed E-state index contributed by atoms with van der Waals surface area (Å²) in [6.45, 7) is 3.44. The maximum Gasteiger partial charge on any atom is 0.471 e. The van der Waals surface area contributed by atoms with E-state index in [-0.39, 0.29) is 17.3 Å². The Hall–Kier alpha value is -2.91. The van der Waals surface area contributed by atoms with Crippen molar-refractivity contribution in [3.05, 3.63) is 35.7 Å². The number of carbonyl (C=O) groups excluding carboxylic acids is 1. The molecule has 134 valence electrons. The van der Waals surface area contributed by atoms with Gasteiger partial charge in [0, 0.05) is 11.1 Å². The molecule has 2 aromatic rings. The Kier molecular flexibility index (Phi) is 5.10. The lowest BCUT2D eigenvalue weighted by atomic mass is 10.1. The molecule has 0 unspecified atom stereocenters. The summed E-state index contributed by atoms with van der Waals surface area (Å²) in [4.78, 5) is 20.1. The Morgan fingerprint density at radius 3 is 2.44 bits per heavy atom. The first kappa shape index (κ1) is 18.4. The van der Waals surface area contributed by atoms with Crippen LogP contribution < -0.4 is 5.32 Å². The lowest BCUT2D eigenvalue weighted by Gasteiger charge is -2.20. The summed E-state index contributed by atoms with van der Waals surface area (Å²) < 4.78 is 41.6. The topological polar surface area (TPSA) is 89.6 Å². The zero-order chi connectivity index (χ0) is 18.7. The molecule has 2 rings (SSSR count). The van der Waals surface area contributed by atoms with Crippen molar-refractivity contribution in [2.45, 2.75) is 25.6 Å². The molecule has 0 aliphatic heterocycles. The fourth-order valence-corrected chi connectivity index (χ4v) is 1.81. The number of rotatable bonds is 5. The largest absolute Gasteiger partial charge is 0.471 e. The molecular weight excluding hydrogens is 341 g/mol. The Bertz CT molecular complexity index is 767. The third-order valence-electron chi connectivity index (χ3n) is 2.99. The van der Waals surface area contributed by atoms with Gasteiger partial charge in [0.25, 0.3) is 5.91 Å². The van der Waals surface area contributed by atoms with Crippen molar-refractivity contribution in [2.75, 3.05) is 7.11 Å². The molecule has 0 radical (unpaired) electrons. The molecule has 0 atom stereocenters. The van der Waals surface area contributed by atoms with E-state index in [1.807, 2.05) is 0 Å². The SMILES string of the molecule is CON=CC(C)(C)NC(=O)c1ccc(-c2noc(C(F)(F)F)n2)cc1. The van der Waals surface area contributed by atoms with E-state index in [0.717, 1.165) is 0 Å². The smallest absolute Gasteiger partial charge is 0.399 e. The van der Waals surface area contributed by atoms with E-state index >= 15 is 0 Å². The van der Waals surface area contributed by atoms with Crippen molar-refractivity contribution < 1.29 is 27.3 Å². The molecule has 1 N–H and O–H groups in total. The van der Waals surface area contributed by atoms with E-state index in [1.165, 1.54) is 37.6 Å². The maximum absolute atomic E-state index is 12.5. The van der Waals surface area contributed by atoms with E-state index in [9.17, 15) is 18.0 Å². The molecule has 1 amide bonds. The Labute approximate surface area is 140 Å². The van der Waals surface area contributed by atoms with Crippen LogP contribution in [0, 0.1) is 0 Å². The number of alkyl halides is 3. The first-order valence-electron chi connectivity index (χ1n) is 7.04. The monoisotopic (exact) mass is 356 g/mol. The number of nitrogens with one attached hydrogen (secondary N) is 1. The van der Waals surface area contributed by atoms with Crippen LogP contribution in [0.1, 0.15) is 30.1 Å². The summed E-state index contributed by atoms with van der Waals surface area (Å²) in [5, 5.41) is 9.61. The van der Waals surface area contributed by atoms with E-state index < -0.39 is 17.6 Å². The predicted octanol–water partition coefficient (Wildman–Crippen LogP) is 2.90. The van der Waals surface area contributed by atoms with Gasteiger partial charge in [-0.2, -0.15) is 18.2 Å². The molecule has 1 heterocycles. The van der Waals surface area contributed by atoms with Crippen LogP contribution in [0.25, 0.3) is 11.4 Å². The normalized spacial score (nSPS) is 12.4. The molecule has 7 nitrogen and oxygen atoms in total. The number of benzene rings is 1. The maximum atomic E-state index is 12.5. The van der Waals surface area contributed by atoms with Gasteiger partial charge in [0.15, 0.2) is 0 Å². The summed E-state index contributed by atoms with van der Waals surface area (Å²) in [7, 11) is 1.38. The summed E-state index contributed by atoms with van der Waals surface area (Å²) >= 11 is 0. The standard InChI is InChI=1S/C15H15F3N4O3/c1-14(2,8-19-24-3)21-12(23)10-6-4-9(5-7-10)11-20-13(25-22-11)15(16,17)18/h4-8H,1-3H3,(H,21,23). The lowest BCUT2D eigenvalue weighted by Crippen LogP contribution is -2.44. The van der Waals surface area contributed by atoms with E-state index in [0.29, 0.717) is 5.56 Å². The minimum absolute atomic E-state index is 0.216. The third kappa shape index (κ3) is 4.78. The van der Waals surface area contributed by atoms with Gasteiger partial charge in [0.05, 0.1) is 11.8 Å². The second kappa shape index (κ2) is 6.91. The molecular formula is C15H15F3N4O3. The van der Waals surface area contributed by atoms with Crippen LogP contribution in [0.4, 0.5) is 13.2 Å². The van der Waals surface area contributed by atoms with Crippen LogP contribution in [0.5, 0.6) is 0 Å². The first-order chi connectivity index (χ1) is 11.6. The summed E-state index contributed by atoms with van der Waals surface area (Å²) in [5.74, 6) is -2.03. The molecule has 0 spiro atoms. The van der Waals surface area contributed by atoms with E-state index in [1.54, 1.807) is 13.8 Å². The van der Waals surface area contributed by atoms with Crippen molar-refractivity contribution in [1.82, 2.24) is 15.5 Å². The van der Waals surface area contributed by atoms with Crippen molar-refractivity contribution >= 4 is 12.1 Å². The van der Waals surface area contributed by atoms with Crippen molar-refractivity contribution in [2.24, 2.45) is 5.16 Å². The fourth-order valence-electron chi connectivity index (χ4n) is 1.81. The van der Waals surface area contributed by atoms with Crippen LogP contribution in [-0.2, 0) is 11.0 Å². The average molecular weight is 356 g/mol. The molecule has 0 aliphatic carbocycles. The van der Waals surface area contributed by atoms with Gasteiger partial charge in [-0.3, -0.25) is 4.79 Å². The Morgan fingerprint density at radius 2 is 1.92 bits per heavy atom. The number of aromatic nitrogens is 2. The first-order valence-corrected chi connectivity index (χ1v) is 7.04. The second-order valence-corrected chi connectivity index (χ2v) is 5.59. The average Bonchev–Trinajstić information content (AvgIpc) is 3.03. The van der Waals surface area contributed by atoms with Gasteiger partial charge in [0.1, 0.15) is 7.11 Å². The number of amides is 1. The van der Waals surface area contributed by atoms with Crippen LogP contribution >= 0.6 is 0 Å². The Balaban J connectivity index is 2.13. The molecule has 0 saturated carbocycles. The van der Waals surface area contributed by atoms with Gasteiger partial charge in [-0.15, -0.1) is 0 Å². The molecule has 0 fully saturated rings. The van der Waals surface area contributed by atoms with Gasteiger partial charge >= 0.3 is 12.1 Å². The summed E-state index contributed by atoms with van der Waals surface area (Å²) in [6.07, 6.45) is -3.28. The molecule has 0 saturated heterocycles. The highest BCUT2D eigenvalue weighted by Crippen LogP contribution is 2.29. The summed E-state index contributed by atoms with van der Waals surface area (Å²) in [6, 6.07) is 5.74. The summed E-state index contributed by atoms with van der Waals surface area (Å²) in [5.41, 5.74) is -0.153. The molecule has 25 heavy (non-hydrogen) atoms. The van der Waals surface area contributed by atoms with Crippen molar-refractivity contribution in [3.8, 4) is 11.4 Å². The fraction of sp³-hybridized carbons (Fsp3) is 0.333. The zero-order valence-electron chi connectivity index (χ0n) is 13.6. The zero-order valence-corrected chi connectivity index (χ0v) is 13.6. The predicted molar refractivity (Wildman–Crippen MR) is 81.8 cm³/mol. The van der Waals surface area contributed by atoms with Crippen LogP contribution in [-0.4, -0.2) is 34.9 Å². The minimum Gasteiger partial charge on any atom is -0.399 e. The van der Waals surface area contributed by atoms with Crippen molar-refractivity contribution in [3.63, 3.8) is 0 Å². The highest BCUT2D eigenvalue weighted by atomic mass is 19.4. The third-order valence-corrected chi connectivity index (χ3v) is 2.99. The Morgan fingerprint density at radius 1 is 1.28 bits per heavy atom. The number of hydrogen-bond donors (Lipinski definition) is 1. The molecule has 10 heteroatoms. The number of carbonyl (C=O) groups is 1. The number of halogens is 3. The molecule has 1 aromatic heterocycles. The van der Waals surface area contributed by atoms with Gasteiger partial charge in [0.2, 0.25) is 5.82 Å². The molecule has 0 aliphatic rings. The molecule has 1 aromatic carbocycles. The quantitative estimate of drug-likeness (QED) is 0.657. The number of hydrogen-bond acceptors (Lipinski definition) is 6. The van der Waals surface area contributed by atoms with E-state index in [4.69, 9.17) is 0 Å². The highest BCUT2D eigenvalue weighted by molar-refractivity contribution is 5.96. The lowest BCUT2D eigenvalue weighted by molar-refractivity contribution is -0.159. The van der Waals surface area contributed by atoms with Gasteiger partial charge in [-0.05, 0) is 26.0 Å². The van der Waals surface area contributed by atoms with Gasteiger partial charge < -0.3 is 14.7 Å². The van der Waals surface area contributed by atoms with Gasteiger partial charge in [-0.1, -0.05) is 22.4 Å². The van der Waals surface area contributed by atoms with Crippen LogP contribution in [0.15, 0.2) is 33.9 Å². The van der Waals surface area contributed by atoms with Crippen LogP contribution in [0.2, 0.25) is 0 Å². The molecule has 0 bridgehead atoms. The number of nitrogens with zero attached hydrogens (tertiary/aromatic N) is 3. The van der Waals surface area contributed by atoms with Crippen molar-refractivity contribution in [1.29, 1.82) is 0 Å². The van der Waals surface area contributed by atoms with Crippen LogP contribution in [0.3, 0.4) is 0 Å². The van der Waals surface area contributed by atoms with Gasteiger partial charge in [-0.25, -0.2) is 0 Å². The second-order valence-electron chi connectivity index (χ2n) is 5.59. The number of oxime groups is 1.